The number of fused-ring (bicyclic) bond motifs is 1. The van der Waals surface area contributed by atoms with Gasteiger partial charge in [0.1, 0.15) is 0 Å². The molecule has 4 nitrogen and oxygen atoms in total. The van der Waals surface area contributed by atoms with Crippen LogP contribution in [0.1, 0.15) is 21.5 Å². The fraction of sp³-hybridized carbons (Fsp3) is 0.0417. The molecular formula is C24H18ClN3O. The van der Waals surface area contributed by atoms with Gasteiger partial charge in [0.15, 0.2) is 0 Å². The van der Waals surface area contributed by atoms with Crippen molar-refractivity contribution in [1.82, 2.24) is 10.4 Å². The summed E-state index contributed by atoms with van der Waals surface area (Å²) in [6, 6.07) is 24.7. The summed E-state index contributed by atoms with van der Waals surface area (Å²) in [4.78, 5) is 17.7. The number of aryl methyl sites for hydroxylation is 1. The van der Waals surface area contributed by atoms with E-state index in [1.54, 1.807) is 18.3 Å². The van der Waals surface area contributed by atoms with Crippen LogP contribution in [-0.2, 0) is 0 Å². The minimum Gasteiger partial charge on any atom is -0.267 e. The van der Waals surface area contributed by atoms with Gasteiger partial charge in [-0.15, -0.1) is 0 Å². The highest BCUT2D eigenvalue weighted by Crippen LogP contribution is 2.25. The van der Waals surface area contributed by atoms with Gasteiger partial charge in [0.05, 0.1) is 23.0 Å². The van der Waals surface area contributed by atoms with Gasteiger partial charge in [0.25, 0.3) is 5.91 Å². The van der Waals surface area contributed by atoms with E-state index in [0.29, 0.717) is 10.6 Å². The summed E-state index contributed by atoms with van der Waals surface area (Å²) in [7, 11) is 0. The van der Waals surface area contributed by atoms with Crippen molar-refractivity contribution >= 4 is 34.6 Å². The second kappa shape index (κ2) is 8.25. The Kier molecular flexibility index (Phi) is 5.36. The fourth-order valence-electron chi connectivity index (χ4n) is 3.06. The Morgan fingerprint density at radius 1 is 1.00 bits per heavy atom. The predicted molar refractivity (Wildman–Crippen MR) is 118 cm³/mol. The Morgan fingerprint density at radius 3 is 2.52 bits per heavy atom. The molecule has 0 bridgehead atoms. The molecule has 0 aliphatic rings. The van der Waals surface area contributed by atoms with E-state index in [1.165, 1.54) is 0 Å². The molecule has 0 aliphatic heterocycles. The molecule has 5 heteroatoms. The Labute approximate surface area is 173 Å². The Hall–Kier alpha value is -3.50. The van der Waals surface area contributed by atoms with Crippen molar-refractivity contribution in [2.24, 2.45) is 5.10 Å². The predicted octanol–water partition coefficient (Wildman–Crippen LogP) is 5.63. The lowest BCUT2D eigenvalue weighted by Gasteiger charge is -2.10. The van der Waals surface area contributed by atoms with Gasteiger partial charge in [-0.25, -0.2) is 10.4 Å². The van der Waals surface area contributed by atoms with Crippen molar-refractivity contribution in [3.63, 3.8) is 0 Å². The number of aromatic nitrogens is 1. The van der Waals surface area contributed by atoms with Gasteiger partial charge < -0.3 is 0 Å². The minimum atomic E-state index is -0.287. The number of benzene rings is 3. The molecule has 4 rings (SSSR count). The molecule has 0 atom stereocenters. The van der Waals surface area contributed by atoms with E-state index in [2.05, 4.69) is 10.5 Å². The molecule has 0 unspecified atom stereocenters. The van der Waals surface area contributed by atoms with Crippen LogP contribution in [0.25, 0.3) is 22.2 Å². The summed E-state index contributed by atoms with van der Waals surface area (Å²) in [5.41, 5.74) is 7.52. The molecule has 0 radical (unpaired) electrons. The standard InChI is InChI=1S/C24H18ClN3O/c1-16-7-12-22-20(13-16)21(14-23(27-22)18-5-3-2-4-6-18)24(29)28-26-15-17-8-10-19(25)11-9-17/h2-15H,1H3,(H,28,29). The highest BCUT2D eigenvalue weighted by molar-refractivity contribution is 6.30. The maximum Gasteiger partial charge on any atom is 0.272 e. The normalized spacial score (nSPS) is 11.1. The third-order valence-corrected chi connectivity index (χ3v) is 4.78. The molecular weight excluding hydrogens is 382 g/mol. The Balaban J connectivity index is 1.69. The molecule has 1 N–H and O–H groups in total. The Bertz CT molecular complexity index is 1200. The van der Waals surface area contributed by atoms with Crippen LogP contribution in [0.3, 0.4) is 0 Å². The van der Waals surface area contributed by atoms with E-state index in [1.807, 2.05) is 73.7 Å². The molecule has 4 aromatic rings. The fourth-order valence-corrected chi connectivity index (χ4v) is 3.18. The quantitative estimate of drug-likeness (QED) is 0.357. The lowest BCUT2D eigenvalue weighted by atomic mass is 10.0. The number of halogens is 1. The van der Waals surface area contributed by atoms with Gasteiger partial charge in [-0.05, 0) is 42.8 Å². The van der Waals surface area contributed by atoms with Gasteiger partial charge in [0.2, 0.25) is 0 Å². The number of pyridine rings is 1. The summed E-state index contributed by atoms with van der Waals surface area (Å²) in [5, 5.41) is 5.54. The molecule has 3 aromatic carbocycles. The number of carbonyl (C=O) groups excluding carboxylic acids is 1. The number of amides is 1. The van der Waals surface area contributed by atoms with Crippen molar-refractivity contribution in [3.8, 4) is 11.3 Å². The van der Waals surface area contributed by atoms with Crippen molar-refractivity contribution in [2.75, 3.05) is 0 Å². The number of hydrazone groups is 1. The average molecular weight is 400 g/mol. The first kappa shape index (κ1) is 18.8. The molecule has 0 spiro atoms. The van der Waals surface area contributed by atoms with Gasteiger partial charge in [-0.1, -0.05) is 65.7 Å². The van der Waals surface area contributed by atoms with Crippen molar-refractivity contribution in [1.29, 1.82) is 0 Å². The first-order chi connectivity index (χ1) is 14.1. The number of hydrogen-bond donors (Lipinski definition) is 1. The second-order valence-corrected chi connectivity index (χ2v) is 7.13. The van der Waals surface area contributed by atoms with Crippen LogP contribution in [0.2, 0.25) is 5.02 Å². The molecule has 142 valence electrons. The molecule has 1 amide bonds. The van der Waals surface area contributed by atoms with E-state index in [-0.39, 0.29) is 5.91 Å². The Morgan fingerprint density at radius 2 is 1.76 bits per heavy atom. The largest absolute Gasteiger partial charge is 0.272 e. The van der Waals surface area contributed by atoms with Crippen LogP contribution < -0.4 is 5.43 Å². The maximum atomic E-state index is 12.9. The highest BCUT2D eigenvalue weighted by Gasteiger charge is 2.14. The zero-order valence-electron chi connectivity index (χ0n) is 15.8. The van der Waals surface area contributed by atoms with Gasteiger partial charge in [0, 0.05) is 16.0 Å². The molecule has 29 heavy (non-hydrogen) atoms. The van der Waals surface area contributed by atoms with Crippen molar-refractivity contribution < 1.29 is 4.79 Å². The van der Waals surface area contributed by atoms with Gasteiger partial charge in [-0.3, -0.25) is 4.79 Å². The van der Waals surface area contributed by atoms with Crippen LogP contribution in [-0.4, -0.2) is 17.1 Å². The lowest BCUT2D eigenvalue weighted by molar-refractivity contribution is 0.0957. The molecule has 0 saturated heterocycles. The monoisotopic (exact) mass is 399 g/mol. The third kappa shape index (κ3) is 4.33. The van der Waals surface area contributed by atoms with E-state index in [4.69, 9.17) is 16.6 Å². The second-order valence-electron chi connectivity index (χ2n) is 6.69. The van der Waals surface area contributed by atoms with E-state index in [9.17, 15) is 4.79 Å². The first-order valence-corrected chi connectivity index (χ1v) is 9.54. The smallest absolute Gasteiger partial charge is 0.267 e. The topological polar surface area (TPSA) is 54.4 Å². The lowest BCUT2D eigenvalue weighted by Crippen LogP contribution is -2.18. The molecule has 0 fully saturated rings. The first-order valence-electron chi connectivity index (χ1n) is 9.16. The highest BCUT2D eigenvalue weighted by atomic mass is 35.5. The number of nitrogens with one attached hydrogen (secondary N) is 1. The molecule has 0 saturated carbocycles. The van der Waals surface area contributed by atoms with Crippen LogP contribution in [0.5, 0.6) is 0 Å². The number of nitrogens with zero attached hydrogens (tertiary/aromatic N) is 2. The minimum absolute atomic E-state index is 0.287. The van der Waals surface area contributed by atoms with Crippen LogP contribution >= 0.6 is 11.6 Å². The summed E-state index contributed by atoms with van der Waals surface area (Å²) in [5.74, 6) is -0.287. The number of carbonyl (C=O) groups is 1. The van der Waals surface area contributed by atoms with Gasteiger partial charge in [-0.2, -0.15) is 5.10 Å². The SMILES string of the molecule is Cc1ccc2nc(-c3ccccc3)cc(C(=O)NN=Cc3ccc(Cl)cc3)c2c1. The van der Waals surface area contributed by atoms with Crippen LogP contribution in [0.4, 0.5) is 0 Å². The van der Waals surface area contributed by atoms with E-state index < -0.39 is 0 Å². The number of hydrogen-bond acceptors (Lipinski definition) is 3. The van der Waals surface area contributed by atoms with Crippen LogP contribution in [0.15, 0.2) is 84.0 Å². The zero-order chi connectivity index (χ0) is 20.2. The number of rotatable bonds is 4. The summed E-state index contributed by atoms with van der Waals surface area (Å²) in [6.07, 6.45) is 1.58. The summed E-state index contributed by atoms with van der Waals surface area (Å²) in [6.45, 7) is 1.99. The van der Waals surface area contributed by atoms with E-state index >= 15 is 0 Å². The van der Waals surface area contributed by atoms with Crippen molar-refractivity contribution in [2.45, 2.75) is 6.92 Å². The van der Waals surface area contributed by atoms with Crippen LogP contribution in [0, 0.1) is 6.92 Å². The summed E-state index contributed by atoms with van der Waals surface area (Å²) < 4.78 is 0. The summed E-state index contributed by atoms with van der Waals surface area (Å²) >= 11 is 5.89. The maximum absolute atomic E-state index is 12.9. The van der Waals surface area contributed by atoms with E-state index in [0.717, 1.165) is 33.3 Å². The zero-order valence-corrected chi connectivity index (χ0v) is 16.5. The molecule has 1 aromatic heterocycles. The van der Waals surface area contributed by atoms with Crippen molar-refractivity contribution in [3.05, 3.63) is 101 Å². The molecule has 0 aliphatic carbocycles. The third-order valence-electron chi connectivity index (χ3n) is 4.53. The average Bonchev–Trinajstić information content (AvgIpc) is 2.75. The van der Waals surface area contributed by atoms with Gasteiger partial charge >= 0.3 is 0 Å². The molecule has 1 heterocycles.